The zero-order valence-electron chi connectivity index (χ0n) is 25.0. The van der Waals surface area contributed by atoms with Gasteiger partial charge in [0.2, 0.25) is 5.95 Å². The maximum absolute atomic E-state index is 14.5. The van der Waals surface area contributed by atoms with Gasteiger partial charge < -0.3 is 34.2 Å². The van der Waals surface area contributed by atoms with Crippen LogP contribution in [0.5, 0.6) is 5.75 Å². The van der Waals surface area contributed by atoms with Crippen molar-refractivity contribution in [2.75, 3.05) is 38.0 Å². The van der Waals surface area contributed by atoms with E-state index in [1.807, 2.05) is 13.8 Å². The molecule has 0 bridgehead atoms. The molecule has 0 unspecified atom stereocenters. The first-order valence-corrected chi connectivity index (χ1v) is 16.0. The van der Waals surface area contributed by atoms with E-state index in [-0.39, 0.29) is 49.4 Å². The van der Waals surface area contributed by atoms with Crippen LogP contribution in [-0.2, 0) is 22.8 Å². The lowest BCUT2D eigenvalue weighted by atomic mass is 9.96. The van der Waals surface area contributed by atoms with Gasteiger partial charge in [0.25, 0.3) is 0 Å². The van der Waals surface area contributed by atoms with Crippen molar-refractivity contribution in [3.8, 4) is 17.0 Å². The number of halogens is 1. The number of hydrogen-bond donors (Lipinski definition) is 4. The molecule has 1 aromatic carbocycles. The largest absolute Gasteiger partial charge is 0.480 e. The van der Waals surface area contributed by atoms with Gasteiger partial charge in [0, 0.05) is 37.1 Å². The molecule has 13 nitrogen and oxygen atoms in total. The minimum absolute atomic E-state index is 0.00462. The predicted octanol–water partition coefficient (Wildman–Crippen LogP) is 4.41. The van der Waals surface area contributed by atoms with Gasteiger partial charge in [-0.05, 0) is 31.9 Å². The third-order valence-electron chi connectivity index (χ3n) is 5.71. The average Bonchev–Trinajstić information content (AvgIpc) is 2.93. The zero-order valence-corrected chi connectivity index (χ0v) is 26.8. The third kappa shape index (κ3) is 11.7. The molecular weight excluding hydrogens is 608 g/mol. The fourth-order valence-corrected chi connectivity index (χ4v) is 5.51. The summed E-state index contributed by atoms with van der Waals surface area (Å²) in [7, 11) is -0.674. The number of rotatable bonds is 19. The summed E-state index contributed by atoms with van der Waals surface area (Å²) in [5.74, 6) is -0.580. The second-order valence-electron chi connectivity index (χ2n) is 9.53. The maximum Gasteiger partial charge on any atom is 0.367 e. The van der Waals surface area contributed by atoms with Crippen LogP contribution in [0.25, 0.3) is 17.3 Å². The topological polar surface area (TPSA) is 173 Å². The van der Waals surface area contributed by atoms with Gasteiger partial charge in [-0.3, -0.25) is 8.87 Å². The van der Waals surface area contributed by atoms with Crippen LogP contribution in [0.2, 0.25) is 0 Å². The monoisotopic (exact) mass is 649 g/mol. The number of ether oxygens (including phenoxy) is 1. The summed E-state index contributed by atoms with van der Waals surface area (Å²) >= 11 is 0.819. The molecule has 4 N–H and O–H groups in total. The fourth-order valence-electron chi connectivity index (χ4n) is 3.90. The highest BCUT2D eigenvalue weighted by molar-refractivity contribution is 7.95. The Morgan fingerprint density at radius 3 is 2.35 bits per heavy atom. The number of hydrogen-bond acceptors (Lipinski definition) is 14. The lowest BCUT2D eigenvalue weighted by Gasteiger charge is -2.22. The smallest absolute Gasteiger partial charge is 0.367 e. The Morgan fingerprint density at radius 2 is 1.77 bits per heavy atom. The van der Waals surface area contributed by atoms with Gasteiger partial charge in [-0.2, -0.15) is 0 Å². The first-order valence-electron chi connectivity index (χ1n) is 13.6. The second-order valence-corrected chi connectivity index (χ2v) is 12.4. The Balaban J connectivity index is 2.70. The molecule has 1 aromatic heterocycles. The Morgan fingerprint density at radius 1 is 1.09 bits per heavy atom. The van der Waals surface area contributed by atoms with E-state index in [4.69, 9.17) is 33.3 Å². The Bertz CT molecular complexity index is 1230. The summed E-state index contributed by atoms with van der Waals surface area (Å²) in [6.45, 7) is 7.35. The van der Waals surface area contributed by atoms with E-state index in [9.17, 15) is 19.2 Å². The van der Waals surface area contributed by atoms with E-state index in [0.29, 0.717) is 16.8 Å². The van der Waals surface area contributed by atoms with Gasteiger partial charge in [-0.15, -0.1) is 4.33 Å². The maximum atomic E-state index is 14.5. The summed E-state index contributed by atoms with van der Waals surface area (Å²) in [4.78, 5) is 14.1. The molecular formula is C27H41FN3O10PS. The van der Waals surface area contributed by atoms with Gasteiger partial charge >= 0.3 is 7.60 Å². The average molecular weight is 650 g/mol. The zero-order chi connectivity index (χ0) is 32.2. The van der Waals surface area contributed by atoms with Gasteiger partial charge in [-0.25, -0.2) is 19.2 Å². The molecule has 0 aliphatic rings. The van der Waals surface area contributed by atoms with Gasteiger partial charge in [0.05, 0.1) is 43.9 Å². The normalized spacial score (nSPS) is 13.7. The summed E-state index contributed by atoms with van der Waals surface area (Å²) in [5.41, 5.74) is 1.60. The number of anilines is 1. The highest BCUT2D eigenvalue weighted by Gasteiger charge is 2.27. The standard InChI is InChI=1S/C27H41FN3O10PS/c1-7-39-42(36,40-8-2)16-38-23-13-18(28)9-11-21(23)26-22(12-10-19(32)14-20(33)15-24(34)35)25(17(3)4)29-27(30-26)31(5)43-41-37-6/h9-13,17,19-20,24,32-35H,7-8,14-16H2,1-6H3/t19-,20-/m1/s1. The van der Waals surface area contributed by atoms with Crippen molar-refractivity contribution in [3.05, 3.63) is 41.3 Å². The Kier molecular flexibility index (Phi) is 15.5. The van der Waals surface area contributed by atoms with E-state index in [1.165, 1.54) is 29.6 Å². The molecule has 2 rings (SSSR count). The van der Waals surface area contributed by atoms with Crippen LogP contribution in [0.4, 0.5) is 10.3 Å². The van der Waals surface area contributed by atoms with Crippen molar-refractivity contribution >= 4 is 31.8 Å². The number of aliphatic hydroxyl groups excluding tert-OH is 3. The van der Waals surface area contributed by atoms with Crippen LogP contribution >= 0.6 is 19.8 Å². The van der Waals surface area contributed by atoms with Crippen LogP contribution in [0.15, 0.2) is 24.3 Å². The van der Waals surface area contributed by atoms with Crippen molar-refractivity contribution in [3.63, 3.8) is 0 Å². The van der Waals surface area contributed by atoms with E-state index in [1.54, 1.807) is 27.0 Å². The summed E-state index contributed by atoms with van der Waals surface area (Å²) in [6, 6.07) is 3.79. The molecule has 0 aliphatic carbocycles. The number of aromatic nitrogens is 2. The van der Waals surface area contributed by atoms with Gasteiger partial charge in [0.1, 0.15) is 11.6 Å². The van der Waals surface area contributed by atoms with Crippen molar-refractivity contribution in [1.82, 2.24) is 9.97 Å². The summed E-state index contributed by atoms with van der Waals surface area (Å²) < 4.78 is 50.5. The molecule has 0 saturated heterocycles. The van der Waals surface area contributed by atoms with Crippen LogP contribution < -0.4 is 9.04 Å². The van der Waals surface area contributed by atoms with E-state index in [2.05, 4.69) is 9.87 Å². The minimum Gasteiger partial charge on any atom is -0.480 e. The van der Waals surface area contributed by atoms with Gasteiger partial charge in [-0.1, -0.05) is 26.0 Å². The Labute approximate surface area is 255 Å². The summed E-state index contributed by atoms with van der Waals surface area (Å²) in [6.07, 6.45) is -2.06. The molecule has 1 heterocycles. The van der Waals surface area contributed by atoms with Crippen molar-refractivity contribution < 1.29 is 52.4 Å². The SMILES string of the molecule is CCOP(=O)(COc1cc(F)ccc1-c1nc(N(C)SOOC)nc(C(C)C)c1C=C[C@@H](O)C[C@@H](O)CC(O)O)OCC. The first kappa shape index (κ1) is 37.0. The van der Waals surface area contributed by atoms with Gasteiger partial charge in [0.15, 0.2) is 24.9 Å². The molecule has 0 saturated carbocycles. The molecule has 2 atom stereocenters. The van der Waals surface area contributed by atoms with Crippen molar-refractivity contribution in [2.45, 2.75) is 65.0 Å². The fraction of sp³-hybridized carbons (Fsp3) is 0.556. The van der Waals surface area contributed by atoms with Crippen LogP contribution in [-0.4, -0.2) is 82.6 Å². The Hall–Kier alpha value is -2.17. The van der Waals surface area contributed by atoms with Crippen LogP contribution in [0, 0.1) is 5.82 Å². The third-order valence-corrected chi connectivity index (χ3v) is 8.04. The number of benzene rings is 1. The summed E-state index contributed by atoms with van der Waals surface area (Å²) in [5, 5.41) is 38.8. The molecule has 43 heavy (non-hydrogen) atoms. The lowest BCUT2D eigenvalue weighted by molar-refractivity contribution is -0.160. The van der Waals surface area contributed by atoms with Crippen LogP contribution in [0.3, 0.4) is 0 Å². The highest BCUT2D eigenvalue weighted by Crippen LogP contribution is 2.49. The lowest BCUT2D eigenvalue weighted by Crippen LogP contribution is -2.21. The van der Waals surface area contributed by atoms with E-state index < -0.39 is 38.3 Å². The molecule has 2 aromatic rings. The second kappa shape index (κ2) is 18.0. The number of nitrogens with zero attached hydrogens (tertiary/aromatic N) is 3. The number of aliphatic hydroxyl groups is 4. The molecule has 242 valence electrons. The minimum atomic E-state index is -3.66. The van der Waals surface area contributed by atoms with Crippen LogP contribution in [0.1, 0.15) is 57.7 Å². The van der Waals surface area contributed by atoms with E-state index >= 15 is 0 Å². The molecule has 0 radical (unpaired) electrons. The quantitative estimate of drug-likeness (QED) is 0.0421. The van der Waals surface area contributed by atoms with E-state index in [0.717, 1.165) is 18.3 Å². The highest BCUT2D eigenvalue weighted by atomic mass is 32.2. The molecule has 0 amide bonds. The first-order chi connectivity index (χ1) is 20.3. The molecule has 0 aliphatic heterocycles. The molecule has 0 spiro atoms. The predicted molar refractivity (Wildman–Crippen MR) is 160 cm³/mol. The van der Waals surface area contributed by atoms with Crippen molar-refractivity contribution in [2.24, 2.45) is 0 Å². The molecule has 0 fully saturated rings. The molecule has 16 heteroatoms. The van der Waals surface area contributed by atoms with Crippen molar-refractivity contribution in [1.29, 1.82) is 0 Å².